The monoisotopic (exact) mass is 498 g/mol. The molecule has 180 valence electrons. The third-order valence-electron chi connectivity index (χ3n) is 3.86. The van der Waals surface area contributed by atoms with Crippen molar-refractivity contribution in [1.29, 1.82) is 0 Å². The smallest absolute Gasteiger partial charge is 0.359 e. The summed E-state index contributed by atoms with van der Waals surface area (Å²) in [5, 5.41) is 87.6. The van der Waals surface area contributed by atoms with Gasteiger partial charge >= 0.3 is 40.3 Å². The third-order valence-corrected chi connectivity index (χ3v) is 3.86. The molecule has 0 fully saturated rings. The van der Waals surface area contributed by atoms with E-state index >= 15 is 0 Å². The normalized spacial score (nSPS) is 11.9. The van der Waals surface area contributed by atoms with Crippen LogP contribution in [0.3, 0.4) is 0 Å². The predicted molar refractivity (Wildman–Crippen MR) is 77.9 cm³/mol. The Morgan fingerprint density at radius 1 is 0.618 bits per heavy atom. The Hall–Kier alpha value is -5.72. The van der Waals surface area contributed by atoms with Crippen LogP contribution in [0.5, 0.6) is 0 Å². The summed E-state index contributed by atoms with van der Waals surface area (Å²) in [6.07, 6.45) is 0. The topological polar surface area (TPSA) is 331 Å². The van der Waals surface area contributed by atoms with Crippen LogP contribution >= 0.6 is 0 Å². The molecule has 0 aromatic carbocycles. The van der Waals surface area contributed by atoms with Crippen LogP contribution in [0, 0.1) is 56.1 Å². The fourth-order valence-corrected chi connectivity index (χ4v) is 2.42. The highest BCUT2D eigenvalue weighted by Crippen LogP contribution is 2.38. The summed E-state index contributed by atoms with van der Waals surface area (Å²) in [5.74, 6) is -10.1. The lowest BCUT2D eigenvalue weighted by Crippen LogP contribution is -2.48. The van der Waals surface area contributed by atoms with E-state index in [9.17, 15) is 64.9 Å². The van der Waals surface area contributed by atoms with Gasteiger partial charge in [-0.3, -0.25) is 54.3 Å². The van der Waals surface area contributed by atoms with Crippen LogP contribution in [0.15, 0.2) is 13.9 Å². The summed E-state index contributed by atoms with van der Waals surface area (Å²) >= 11 is 0. The molecule has 0 spiro atoms. The zero-order valence-corrected chi connectivity index (χ0v) is 14.9. The first kappa shape index (κ1) is 23.0. The minimum atomic E-state index is -5.06. The molecule has 0 bridgehead atoms. The molecular weight excluding hydrogens is 498 g/mol. The second-order valence-corrected chi connectivity index (χ2v) is 5.58. The highest BCUT2D eigenvalue weighted by Gasteiger charge is 2.72. The van der Waals surface area contributed by atoms with E-state index < -0.39 is 80.4 Å². The van der Waals surface area contributed by atoms with Crippen LogP contribution < -0.4 is 14.7 Å². The minimum Gasteiger partial charge on any atom is -0.359 e. The second kappa shape index (κ2) is 7.16. The lowest BCUT2D eigenvalue weighted by atomic mass is 10.1. The number of rotatable bonds is 8. The first-order chi connectivity index (χ1) is 15.7. The summed E-state index contributed by atoms with van der Waals surface area (Å²) in [6.45, 7) is 0. The fourth-order valence-electron chi connectivity index (χ4n) is 2.42. The molecule has 0 aliphatic rings. The summed E-state index contributed by atoms with van der Waals surface area (Å²) in [5.41, 5.74) is -11.0. The van der Waals surface area contributed by atoms with Crippen molar-refractivity contribution in [3.63, 3.8) is 0 Å². The molecule has 0 saturated carbocycles. The van der Waals surface area contributed by atoms with E-state index in [1.165, 1.54) is 0 Å². The van der Waals surface area contributed by atoms with Crippen molar-refractivity contribution < 1.29 is 57.1 Å². The molecule has 0 radical (unpaired) electrons. The van der Waals surface area contributed by atoms with Crippen molar-refractivity contribution in [2.24, 2.45) is 0 Å². The molecular formula is C8F2N10O14. The van der Waals surface area contributed by atoms with Gasteiger partial charge in [0.05, 0.1) is 15.5 Å². The number of hydrogen-bond acceptors (Lipinski definition) is 17. The summed E-state index contributed by atoms with van der Waals surface area (Å²) in [6, 6.07) is 0. The predicted octanol–water partition coefficient (Wildman–Crippen LogP) is -2.85. The summed E-state index contributed by atoms with van der Waals surface area (Å²) in [4.78, 5) is 31.5. The summed E-state index contributed by atoms with van der Waals surface area (Å²) < 4.78 is 41.0. The molecule has 0 atom stereocenters. The Morgan fingerprint density at radius 2 is 0.941 bits per heavy atom. The van der Waals surface area contributed by atoms with Gasteiger partial charge in [0.15, 0.2) is 0 Å². The number of halogens is 2. The minimum absolute atomic E-state index is 0.928. The van der Waals surface area contributed by atoms with Crippen molar-refractivity contribution in [3.8, 4) is 22.8 Å². The largest absolute Gasteiger partial charge is 0.688 e. The molecule has 24 nitrogen and oxygen atoms in total. The van der Waals surface area contributed by atoms with E-state index in [4.69, 9.17) is 0 Å². The van der Waals surface area contributed by atoms with Gasteiger partial charge in [0.2, 0.25) is 0 Å². The number of hydrogen-bond donors (Lipinski definition) is 0. The fraction of sp³-hybridized carbons (Fsp3) is 0.250. The van der Waals surface area contributed by atoms with E-state index in [2.05, 4.69) is 29.4 Å². The van der Waals surface area contributed by atoms with Gasteiger partial charge in [0.25, 0.3) is 5.69 Å². The number of aromatic nitrogens is 6. The molecule has 26 heteroatoms. The third kappa shape index (κ3) is 2.81. The van der Waals surface area contributed by atoms with Gasteiger partial charge in [-0.2, -0.15) is 0 Å². The van der Waals surface area contributed by atoms with E-state index in [0.29, 0.717) is 0 Å². The maximum absolute atomic E-state index is 14.7. The van der Waals surface area contributed by atoms with Crippen LogP contribution in [0.4, 0.5) is 8.78 Å². The first-order valence-electron chi connectivity index (χ1n) is 7.47. The van der Waals surface area contributed by atoms with Gasteiger partial charge in [-0.05, 0) is 14.7 Å². The van der Waals surface area contributed by atoms with E-state index in [-0.39, 0.29) is 0 Å². The van der Waals surface area contributed by atoms with Crippen LogP contribution in [-0.4, -0.2) is 35.2 Å². The molecule has 3 aromatic rings. The molecule has 0 N–H and O–H groups in total. The van der Waals surface area contributed by atoms with Crippen molar-refractivity contribution in [1.82, 2.24) is 15.5 Å². The van der Waals surface area contributed by atoms with Crippen LogP contribution in [-0.2, 0) is 11.8 Å². The molecule has 0 saturated heterocycles. The molecule has 3 aromatic heterocycles. The van der Waals surface area contributed by atoms with Crippen molar-refractivity contribution in [2.75, 3.05) is 0 Å². The SMILES string of the molecule is O=[N+]([O-])C(F)(c1c(-c2no[n+]([O-])c2-c2no[n+]([O-])c2C(F)([N+](=O)[O-])[N+](=O)[O-])no[n+]1[O-])[N+](=O)[O-]. The van der Waals surface area contributed by atoms with E-state index in [1.54, 1.807) is 0 Å². The Labute approximate surface area is 176 Å². The van der Waals surface area contributed by atoms with Gasteiger partial charge in [-0.25, -0.2) is 0 Å². The van der Waals surface area contributed by atoms with Crippen molar-refractivity contribution in [2.45, 2.75) is 11.8 Å². The number of nitro groups is 4. The lowest BCUT2D eigenvalue weighted by Gasteiger charge is -2.05. The first-order valence-corrected chi connectivity index (χ1v) is 7.47. The van der Waals surface area contributed by atoms with Crippen LogP contribution in [0.25, 0.3) is 22.8 Å². The average molecular weight is 498 g/mol. The van der Waals surface area contributed by atoms with Crippen molar-refractivity contribution in [3.05, 3.63) is 67.5 Å². The van der Waals surface area contributed by atoms with Crippen molar-refractivity contribution >= 4 is 0 Å². The maximum atomic E-state index is 14.7. The van der Waals surface area contributed by atoms with Gasteiger partial charge < -0.3 is 15.6 Å². The Balaban J connectivity index is 2.40. The molecule has 34 heavy (non-hydrogen) atoms. The highest BCUT2D eigenvalue weighted by molar-refractivity contribution is 5.72. The van der Waals surface area contributed by atoms with E-state index in [0.717, 1.165) is 0 Å². The zero-order valence-electron chi connectivity index (χ0n) is 14.9. The van der Waals surface area contributed by atoms with Gasteiger partial charge in [-0.1, -0.05) is 8.78 Å². The van der Waals surface area contributed by atoms with Crippen LogP contribution in [0.1, 0.15) is 11.4 Å². The second-order valence-electron chi connectivity index (χ2n) is 5.58. The maximum Gasteiger partial charge on any atom is 0.688 e. The quantitative estimate of drug-likeness (QED) is 0.0990. The highest BCUT2D eigenvalue weighted by atomic mass is 19.2. The number of nitrogens with zero attached hydrogens (tertiary/aromatic N) is 10. The van der Waals surface area contributed by atoms with Gasteiger partial charge in [0.1, 0.15) is 19.7 Å². The Morgan fingerprint density at radius 3 is 1.35 bits per heavy atom. The zero-order chi connectivity index (χ0) is 25.7. The summed E-state index contributed by atoms with van der Waals surface area (Å²) in [7, 11) is 0. The average Bonchev–Trinajstić information content (AvgIpc) is 3.42. The standard InChI is InChI=1S/C8F2N10O14/c9-7(17(24)25,18(26)27)5-2(12-33-15(5)22)1-4(14(21)32-11-1)3-6(16(23)34-13-3)8(10,19(28)29)20(30)31. The Bertz CT molecular complexity index is 1330. The molecule has 0 aliphatic carbocycles. The molecule has 0 aliphatic heterocycles. The molecule has 0 amide bonds. The number of alkyl halides is 2. The van der Waals surface area contributed by atoms with Gasteiger partial charge in [0, 0.05) is 0 Å². The van der Waals surface area contributed by atoms with Crippen LogP contribution in [0.2, 0.25) is 0 Å². The molecule has 3 heterocycles. The van der Waals surface area contributed by atoms with E-state index in [1.807, 2.05) is 0 Å². The lowest BCUT2D eigenvalue weighted by molar-refractivity contribution is -0.898. The van der Waals surface area contributed by atoms with Gasteiger partial charge in [-0.15, -0.1) is 0 Å². The Kier molecular flexibility index (Phi) is 4.84. The molecule has 3 rings (SSSR count). The molecule has 0 unspecified atom stereocenters.